The van der Waals surface area contributed by atoms with Gasteiger partial charge >= 0.3 is 6.18 Å². The molecule has 0 amide bonds. The number of nitrogens with one attached hydrogen (secondary N) is 1. The second-order valence-electron chi connectivity index (χ2n) is 4.45. The first-order valence-electron chi connectivity index (χ1n) is 6.07. The zero-order valence-electron chi connectivity index (χ0n) is 10.9. The molecule has 102 valence electrons. The highest BCUT2D eigenvalue weighted by Crippen LogP contribution is 2.28. The van der Waals surface area contributed by atoms with Crippen molar-refractivity contribution in [1.29, 1.82) is 0 Å². The molecule has 0 saturated carbocycles. The molecule has 1 aromatic rings. The van der Waals surface area contributed by atoms with Crippen LogP contribution in [0.1, 0.15) is 42.8 Å². The SMILES string of the molecule is CCNC(CCC(F)(F)F)c1cc(C)nc(C)c1. The molecule has 0 saturated heterocycles. The van der Waals surface area contributed by atoms with Gasteiger partial charge in [0.15, 0.2) is 0 Å². The summed E-state index contributed by atoms with van der Waals surface area (Å²) >= 11 is 0. The fourth-order valence-electron chi connectivity index (χ4n) is 2.01. The summed E-state index contributed by atoms with van der Waals surface area (Å²) in [6.45, 7) is 6.23. The molecule has 0 aliphatic carbocycles. The van der Waals surface area contributed by atoms with Crippen molar-refractivity contribution in [3.63, 3.8) is 0 Å². The largest absolute Gasteiger partial charge is 0.389 e. The van der Waals surface area contributed by atoms with Crippen LogP contribution >= 0.6 is 0 Å². The van der Waals surface area contributed by atoms with Crippen molar-refractivity contribution in [1.82, 2.24) is 10.3 Å². The summed E-state index contributed by atoms with van der Waals surface area (Å²) in [4.78, 5) is 4.24. The van der Waals surface area contributed by atoms with Crippen LogP contribution in [0, 0.1) is 13.8 Å². The summed E-state index contributed by atoms with van der Waals surface area (Å²) in [5, 5.41) is 3.10. The van der Waals surface area contributed by atoms with E-state index in [9.17, 15) is 13.2 Å². The normalized spacial score (nSPS) is 13.7. The molecule has 1 rings (SSSR count). The van der Waals surface area contributed by atoms with E-state index in [1.807, 2.05) is 32.9 Å². The van der Waals surface area contributed by atoms with Crippen molar-refractivity contribution in [3.05, 3.63) is 29.1 Å². The van der Waals surface area contributed by atoms with Crippen LogP contribution in [0.4, 0.5) is 13.2 Å². The summed E-state index contributed by atoms with van der Waals surface area (Å²) < 4.78 is 36.9. The molecule has 0 radical (unpaired) electrons. The second kappa shape index (κ2) is 6.18. The molecule has 0 aliphatic rings. The standard InChI is InChI=1S/C13H19F3N2/c1-4-17-12(5-6-13(14,15)16)11-7-9(2)18-10(3)8-11/h7-8,12,17H,4-6H2,1-3H3. The molecule has 0 bridgehead atoms. The third-order valence-corrected chi connectivity index (χ3v) is 2.67. The zero-order chi connectivity index (χ0) is 13.8. The Labute approximate surface area is 106 Å². The number of halogens is 3. The summed E-state index contributed by atoms with van der Waals surface area (Å²) in [6, 6.07) is 3.42. The molecule has 18 heavy (non-hydrogen) atoms. The Balaban J connectivity index is 2.83. The van der Waals surface area contributed by atoms with Crippen molar-refractivity contribution in [2.45, 2.75) is 45.8 Å². The molecule has 1 aromatic heterocycles. The Kier molecular flexibility index (Phi) is 5.14. The molecule has 0 aromatic carbocycles. The molecule has 1 unspecified atom stereocenters. The van der Waals surface area contributed by atoms with Crippen LogP contribution in [0.2, 0.25) is 0 Å². The van der Waals surface area contributed by atoms with Gasteiger partial charge in [0, 0.05) is 23.9 Å². The number of alkyl halides is 3. The number of rotatable bonds is 5. The van der Waals surface area contributed by atoms with E-state index in [0.29, 0.717) is 6.54 Å². The minimum atomic E-state index is -4.11. The van der Waals surface area contributed by atoms with Crippen LogP contribution in [0.3, 0.4) is 0 Å². The third-order valence-electron chi connectivity index (χ3n) is 2.67. The zero-order valence-corrected chi connectivity index (χ0v) is 10.9. The fourth-order valence-corrected chi connectivity index (χ4v) is 2.01. The van der Waals surface area contributed by atoms with Crippen LogP contribution in [-0.4, -0.2) is 17.7 Å². The first kappa shape index (κ1) is 15.0. The fraction of sp³-hybridized carbons (Fsp3) is 0.615. The summed E-state index contributed by atoms with van der Waals surface area (Å²) in [5.41, 5.74) is 2.55. The monoisotopic (exact) mass is 260 g/mol. The van der Waals surface area contributed by atoms with Gasteiger partial charge < -0.3 is 5.32 Å². The first-order valence-corrected chi connectivity index (χ1v) is 6.07. The average molecular weight is 260 g/mol. The molecule has 1 heterocycles. The lowest BCUT2D eigenvalue weighted by Gasteiger charge is -2.20. The van der Waals surface area contributed by atoms with Crippen molar-refractivity contribution in [3.8, 4) is 0 Å². The highest BCUT2D eigenvalue weighted by atomic mass is 19.4. The van der Waals surface area contributed by atoms with E-state index in [2.05, 4.69) is 10.3 Å². The lowest BCUT2D eigenvalue weighted by molar-refractivity contribution is -0.136. The molecule has 0 spiro atoms. The highest BCUT2D eigenvalue weighted by Gasteiger charge is 2.28. The van der Waals surface area contributed by atoms with Crippen molar-refractivity contribution in [2.75, 3.05) is 6.54 Å². The highest BCUT2D eigenvalue weighted by molar-refractivity contribution is 5.23. The number of hydrogen-bond acceptors (Lipinski definition) is 2. The van der Waals surface area contributed by atoms with Gasteiger partial charge in [-0.25, -0.2) is 0 Å². The number of aromatic nitrogens is 1. The van der Waals surface area contributed by atoms with E-state index < -0.39 is 12.6 Å². The molecule has 0 fully saturated rings. The predicted molar refractivity (Wildman–Crippen MR) is 65.4 cm³/mol. The van der Waals surface area contributed by atoms with Gasteiger partial charge in [0.25, 0.3) is 0 Å². The second-order valence-corrected chi connectivity index (χ2v) is 4.45. The van der Waals surface area contributed by atoms with Crippen LogP contribution in [0.15, 0.2) is 12.1 Å². The lowest BCUT2D eigenvalue weighted by Crippen LogP contribution is -2.23. The van der Waals surface area contributed by atoms with E-state index in [-0.39, 0.29) is 12.5 Å². The van der Waals surface area contributed by atoms with Gasteiger partial charge in [0.2, 0.25) is 0 Å². The van der Waals surface area contributed by atoms with Crippen molar-refractivity contribution < 1.29 is 13.2 Å². The Hall–Kier alpha value is -1.10. The van der Waals surface area contributed by atoms with Gasteiger partial charge in [-0.3, -0.25) is 4.98 Å². The maximum atomic E-state index is 12.3. The van der Waals surface area contributed by atoms with Gasteiger partial charge in [-0.15, -0.1) is 0 Å². The number of nitrogens with zero attached hydrogens (tertiary/aromatic N) is 1. The quantitative estimate of drug-likeness (QED) is 0.873. The van der Waals surface area contributed by atoms with E-state index in [1.54, 1.807) is 0 Å². The van der Waals surface area contributed by atoms with Crippen LogP contribution in [0.25, 0.3) is 0 Å². The van der Waals surface area contributed by atoms with Crippen LogP contribution in [-0.2, 0) is 0 Å². The number of pyridine rings is 1. The van der Waals surface area contributed by atoms with Crippen molar-refractivity contribution in [2.24, 2.45) is 0 Å². The molecule has 2 nitrogen and oxygen atoms in total. The Morgan fingerprint density at radius 3 is 2.22 bits per heavy atom. The summed E-state index contributed by atoms with van der Waals surface area (Å²) in [6.07, 6.45) is -4.82. The Morgan fingerprint density at radius 1 is 1.22 bits per heavy atom. The van der Waals surface area contributed by atoms with E-state index in [1.165, 1.54) is 0 Å². The first-order chi connectivity index (χ1) is 8.31. The predicted octanol–water partition coefficient (Wildman–Crippen LogP) is 3.69. The minimum Gasteiger partial charge on any atom is -0.310 e. The topological polar surface area (TPSA) is 24.9 Å². The molecule has 1 atom stereocenters. The van der Waals surface area contributed by atoms with E-state index in [0.717, 1.165) is 17.0 Å². The Bertz CT molecular complexity index is 368. The van der Waals surface area contributed by atoms with E-state index in [4.69, 9.17) is 0 Å². The molecule has 5 heteroatoms. The van der Waals surface area contributed by atoms with Crippen LogP contribution in [0.5, 0.6) is 0 Å². The van der Waals surface area contributed by atoms with Gasteiger partial charge in [0.1, 0.15) is 0 Å². The molecular formula is C13H19F3N2. The maximum absolute atomic E-state index is 12.3. The van der Waals surface area contributed by atoms with Crippen LogP contribution < -0.4 is 5.32 Å². The maximum Gasteiger partial charge on any atom is 0.389 e. The van der Waals surface area contributed by atoms with Gasteiger partial charge in [-0.05, 0) is 44.5 Å². The van der Waals surface area contributed by atoms with Crippen molar-refractivity contribution >= 4 is 0 Å². The average Bonchev–Trinajstić information content (AvgIpc) is 2.21. The number of aryl methyl sites for hydroxylation is 2. The number of hydrogen-bond donors (Lipinski definition) is 1. The molecular weight excluding hydrogens is 241 g/mol. The van der Waals surface area contributed by atoms with Gasteiger partial charge in [-0.1, -0.05) is 6.92 Å². The smallest absolute Gasteiger partial charge is 0.310 e. The lowest BCUT2D eigenvalue weighted by atomic mass is 10.0. The van der Waals surface area contributed by atoms with E-state index >= 15 is 0 Å². The summed E-state index contributed by atoms with van der Waals surface area (Å²) in [7, 11) is 0. The Morgan fingerprint density at radius 2 is 1.78 bits per heavy atom. The minimum absolute atomic E-state index is 0.0558. The molecule has 1 N–H and O–H groups in total. The third kappa shape index (κ3) is 5.04. The summed E-state index contributed by atoms with van der Waals surface area (Å²) in [5.74, 6) is 0. The van der Waals surface area contributed by atoms with Gasteiger partial charge in [-0.2, -0.15) is 13.2 Å². The van der Waals surface area contributed by atoms with Gasteiger partial charge in [0.05, 0.1) is 0 Å². The molecule has 0 aliphatic heterocycles.